The number of rotatable bonds is 4. The van der Waals surface area contributed by atoms with Crippen LogP contribution in [0.5, 0.6) is 11.5 Å². The van der Waals surface area contributed by atoms with Gasteiger partial charge in [0.2, 0.25) is 5.17 Å². The van der Waals surface area contributed by atoms with E-state index in [1.54, 1.807) is 61.0 Å². The maximum absolute atomic E-state index is 9.21. The van der Waals surface area contributed by atoms with Gasteiger partial charge in [0.15, 0.2) is 6.21 Å². The van der Waals surface area contributed by atoms with Crippen molar-refractivity contribution in [3.8, 4) is 11.5 Å². The molecule has 7 heteroatoms. The molecule has 0 atom stereocenters. The average molecular weight is 329 g/mol. The molecule has 2 aromatic carbocycles. The Kier molecular flexibility index (Phi) is 6.19. The van der Waals surface area contributed by atoms with Crippen LogP contribution in [0.2, 0.25) is 0 Å². The summed E-state index contributed by atoms with van der Waals surface area (Å²) in [5, 5.41) is 30.0. The first-order valence-corrected chi connectivity index (χ1v) is 7.97. The highest BCUT2D eigenvalue weighted by Crippen LogP contribution is 2.08. The molecule has 2 aromatic rings. The third-order valence-corrected chi connectivity index (χ3v) is 3.32. The van der Waals surface area contributed by atoms with Crippen molar-refractivity contribution in [2.45, 2.75) is 0 Å². The normalized spacial score (nSPS) is 12.1. The van der Waals surface area contributed by atoms with E-state index in [9.17, 15) is 10.2 Å². The lowest BCUT2D eigenvalue weighted by Crippen LogP contribution is -2.81. The molecule has 0 aliphatic carbocycles. The Bertz CT molecular complexity index is 710. The van der Waals surface area contributed by atoms with E-state index >= 15 is 0 Å². The summed E-state index contributed by atoms with van der Waals surface area (Å²) in [5.74, 6) is 0.441. The molecule has 0 amide bonds. The minimum atomic E-state index is 0.214. The van der Waals surface area contributed by atoms with Gasteiger partial charge in [0.1, 0.15) is 11.5 Å². The van der Waals surface area contributed by atoms with Crippen molar-refractivity contribution in [3.05, 3.63) is 59.7 Å². The molecule has 0 spiro atoms. The van der Waals surface area contributed by atoms with Gasteiger partial charge in [0, 0.05) is 5.56 Å². The summed E-state index contributed by atoms with van der Waals surface area (Å²) in [6.07, 6.45) is 5.22. The lowest BCUT2D eigenvalue weighted by Gasteiger charge is -1.95. The van der Waals surface area contributed by atoms with Crippen LogP contribution < -0.4 is 10.5 Å². The van der Waals surface area contributed by atoms with E-state index in [-0.39, 0.29) is 11.5 Å². The second-order valence-electron chi connectivity index (χ2n) is 4.45. The summed E-state index contributed by atoms with van der Waals surface area (Å²) in [6, 6.07) is 13.5. The zero-order valence-electron chi connectivity index (χ0n) is 12.5. The van der Waals surface area contributed by atoms with Crippen LogP contribution in [0, 0.1) is 0 Å². The molecule has 0 fully saturated rings. The van der Waals surface area contributed by atoms with Crippen molar-refractivity contribution in [2.24, 2.45) is 10.2 Å². The number of benzene rings is 2. The van der Waals surface area contributed by atoms with Crippen LogP contribution in [0.15, 0.2) is 58.7 Å². The van der Waals surface area contributed by atoms with Crippen LogP contribution in [0.3, 0.4) is 0 Å². The summed E-state index contributed by atoms with van der Waals surface area (Å²) in [6.45, 7) is 0. The lowest BCUT2D eigenvalue weighted by atomic mass is 10.2. The van der Waals surface area contributed by atoms with E-state index in [0.717, 1.165) is 11.1 Å². The van der Waals surface area contributed by atoms with Crippen LogP contribution >= 0.6 is 11.8 Å². The van der Waals surface area contributed by atoms with Gasteiger partial charge in [0.25, 0.3) is 0 Å². The fourth-order valence-electron chi connectivity index (χ4n) is 1.58. The first kappa shape index (κ1) is 16.6. The summed E-state index contributed by atoms with van der Waals surface area (Å²) in [7, 11) is 0. The van der Waals surface area contributed by atoms with Gasteiger partial charge in [-0.3, -0.25) is 0 Å². The molecule has 118 valence electrons. The van der Waals surface area contributed by atoms with Gasteiger partial charge in [-0.25, -0.2) is 0 Å². The fourth-order valence-corrected chi connectivity index (χ4v) is 1.87. The smallest absolute Gasteiger partial charge is 0.239 e. The Morgan fingerprint density at radius 1 is 1.00 bits per heavy atom. The molecule has 0 saturated carbocycles. The lowest BCUT2D eigenvalue weighted by molar-refractivity contribution is -0.499. The monoisotopic (exact) mass is 329 g/mol. The predicted octanol–water partition coefficient (Wildman–Crippen LogP) is 0.855. The number of amidine groups is 1. The van der Waals surface area contributed by atoms with E-state index < -0.39 is 0 Å². The average Bonchev–Trinajstić information content (AvgIpc) is 2.57. The molecule has 0 radical (unpaired) electrons. The first-order valence-electron chi connectivity index (χ1n) is 6.75. The summed E-state index contributed by atoms with van der Waals surface area (Å²) in [4.78, 5) is 0. The number of phenols is 2. The molecule has 0 aromatic heterocycles. The van der Waals surface area contributed by atoms with Crippen molar-refractivity contribution < 1.29 is 15.3 Å². The largest absolute Gasteiger partial charge is 0.508 e. The number of hydrogen-bond acceptors (Lipinski definition) is 5. The van der Waals surface area contributed by atoms with Gasteiger partial charge in [-0.1, -0.05) is 11.8 Å². The van der Waals surface area contributed by atoms with Crippen molar-refractivity contribution >= 4 is 29.4 Å². The highest BCUT2D eigenvalue weighted by atomic mass is 32.2. The fraction of sp³-hybridized carbons (Fsp3) is 0.0625. The van der Waals surface area contributed by atoms with Crippen LogP contribution in [0.4, 0.5) is 0 Å². The van der Waals surface area contributed by atoms with E-state index in [0.29, 0.717) is 5.17 Å². The van der Waals surface area contributed by atoms with Gasteiger partial charge in [-0.15, -0.1) is 15.6 Å². The van der Waals surface area contributed by atoms with Crippen LogP contribution in [0.1, 0.15) is 11.1 Å². The van der Waals surface area contributed by atoms with Gasteiger partial charge < -0.3 is 10.2 Å². The Labute approximate surface area is 138 Å². The van der Waals surface area contributed by atoms with Crippen molar-refractivity contribution in [1.29, 1.82) is 0 Å². The van der Waals surface area contributed by atoms with Crippen molar-refractivity contribution in [3.63, 3.8) is 0 Å². The SMILES string of the molecule is CSC(=NN=Cc1ccc(O)cc1)N[NH+]=Cc1ccc(O)cc1. The van der Waals surface area contributed by atoms with E-state index in [1.165, 1.54) is 11.8 Å². The quantitative estimate of drug-likeness (QED) is 0.380. The Hall–Kier alpha value is -2.80. The molecule has 0 heterocycles. The van der Waals surface area contributed by atoms with Crippen LogP contribution in [0.25, 0.3) is 0 Å². The maximum atomic E-state index is 9.21. The molecule has 0 unspecified atom stereocenters. The molecule has 6 nitrogen and oxygen atoms in total. The molecular formula is C16H17N4O2S+. The van der Waals surface area contributed by atoms with E-state index in [1.807, 2.05) is 6.26 Å². The predicted molar refractivity (Wildman–Crippen MR) is 94.0 cm³/mol. The zero-order valence-corrected chi connectivity index (χ0v) is 13.3. The summed E-state index contributed by atoms with van der Waals surface area (Å²) < 4.78 is 0. The van der Waals surface area contributed by atoms with Gasteiger partial charge in [0.05, 0.1) is 6.21 Å². The summed E-state index contributed by atoms with van der Waals surface area (Å²) in [5.41, 5.74) is 4.67. The summed E-state index contributed by atoms with van der Waals surface area (Å²) >= 11 is 1.41. The highest BCUT2D eigenvalue weighted by Gasteiger charge is 1.97. The molecule has 4 N–H and O–H groups in total. The molecule has 0 bridgehead atoms. The van der Waals surface area contributed by atoms with Crippen molar-refractivity contribution in [1.82, 2.24) is 5.43 Å². The molecule has 0 aliphatic heterocycles. The minimum absolute atomic E-state index is 0.214. The molecule has 23 heavy (non-hydrogen) atoms. The number of aromatic hydroxyl groups is 2. The van der Waals surface area contributed by atoms with Gasteiger partial charge in [-0.05, 0) is 60.4 Å². The molecule has 0 saturated heterocycles. The minimum Gasteiger partial charge on any atom is -0.508 e. The first-order chi connectivity index (χ1) is 11.2. The highest BCUT2D eigenvalue weighted by molar-refractivity contribution is 8.13. The number of hydrogen-bond donors (Lipinski definition) is 4. The van der Waals surface area contributed by atoms with Crippen LogP contribution in [-0.4, -0.2) is 34.1 Å². The number of nitrogens with zero attached hydrogens (tertiary/aromatic N) is 2. The van der Waals surface area contributed by atoms with Gasteiger partial charge in [-0.2, -0.15) is 5.10 Å². The second-order valence-corrected chi connectivity index (χ2v) is 5.25. The molecule has 2 rings (SSSR count). The van der Waals surface area contributed by atoms with Crippen molar-refractivity contribution in [2.75, 3.05) is 6.26 Å². The number of hydrazone groups is 1. The van der Waals surface area contributed by atoms with E-state index in [4.69, 9.17) is 0 Å². The number of thioether (sulfide) groups is 1. The second kappa shape index (κ2) is 8.60. The van der Waals surface area contributed by atoms with Gasteiger partial charge >= 0.3 is 0 Å². The van der Waals surface area contributed by atoms with Crippen LogP contribution in [-0.2, 0) is 0 Å². The van der Waals surface area contributed by atoms with E-state index in [2.05, 4.69) is 20.7 Å². The molecule has 0 aliphatic rings. The third-order valence-electron chi connectivity index (χ3n) is 2.75. The number of nitrogens with one attached hydrogen (secondary N) is 2. The Morgan fingerprint density at radius 3 is 2.13 bits per heavy atom. The third kappa shape index (κ3) is 5.84. The zero-order chi connectivity index (χ0) is 16.5. The Balaban J connectivity index is 1.93. The molecular weight excluding hydrogens is 312 g/mol. The maximum Gasteiger partial charge on any atom is 0.239 e. The Morgan fingerprint density at radius 2 is 1.57 bits per heavy atom. The standard InChI is InChI=1S/C16H16N4O2S/c1-23-16(19-17-10-12-2-6-14(21)7-3-12)20-18-11-13-4-8-15(22)9-5-13/h2-11,21-22H,1H3,(H,19,20)/p+1. The topological polar surface area (TPSA) is 91.2 Å². The number of hydrazine groups is 1. The number of phenolic OH excluding ortho intramolecular Hbond substituents is 2.